The average molecular weight is 319 g/mol. The van der Waals surface area contributed by atoms with E-state index in [9.17, 15) is 9.59 Å². The molecule has 0 spiro atoms. The molecule has 1 aromatic heterocycles. The smallest absolute Gasteiger partial charge is 0.248 e. The van der Waals surface area contributed by atoms with Crippen LogP contribution in [0, 0.1) is 5.41 Å². The molecule has 1 aromatic rings. The fraction of sp³-hybridized carbons (Fsp3) is 0.588. The summed E-state index contributed by atoms with van der Waals surface area (Å²) < 4.78 is 4.91. The molecule has 0 radical (unpaired) electrons. The van der Waals surface area contributed by atoms with Gasteiger partial charge in [-0.05, 0) is 43.7 Å². The molecule has 2 N–H and O–H groups in total. The Bertz CT molecular complexity index is 535. The lowest BCUT2D eigenvalue weighted by molar-refractivity contribution is -0.143. The van der Waals surface area contributed by atoms with Gasteiger partial charge in [-0.15, -0.1) is 0 Å². The highest BCUT2D eigenvalue weighted by Gasteiger charge is 2.41. The Morgan fingerprint density at radius 3 is 2.96 bits per heavy atom. The molecule has 2 amide bonds. The second-order valence-electron chi connectivity index (χ2n) is 6.21. The summed E-state index contributed by atoms with van der Waals surface area (Å²) in [6.45, 7) is 1.11. The average Bonchev–Trinajstić information content (AvgIpc) is 2.56. The molecule has 126 valence electrons. The van der Waals surface area contributed by atoms with Crippen molar-refractivity contribution >= 4 is 11.8 Å². The van der Waals surface area contributed by atoms with E-state index in [0.29, 0.717) is 19.5 Å². The van der Waals surface area contributed by atoms with Gasteiger partial charge < -0.3 is 15.4 Å². The molecule has 1 fully saturated rings. The number of primary amides is 1. The van der Waals surface area contributed by atoms with E-state index in [1.807, 2.05) is 18.3 Å². The van der Waals surface area contributed by atoms with Crippen molar-refractivity contribution in [1.82, 2.24) is 9.88 Å². The van der Waals surface area contributed by atoms with Gasteiger partial charge in [0.15, 0.2) is 0 Å². The first-order valence-corrected chi connectivity index (χ1v) is 8.03. The number of hydrogen-bond acceptors (Lipinski definition) is 4. The summed E-state index contributed by atoms with van der Waals surface area (Å²) in [5.74, 6) is -0.385. The second-order valence-corrected chi connectivity index (χ2v) is 6.21. The van der Waals surface area contributed by atoms with Crippen LogP contribution in [0.25, 0.3) is 0 Å². The van der Waals surface area contributed by atoms with Gasteiger partial charge >= 0.3 is 0 Å². The molecule has 1 aliphatic rings. The fourth-order valence-electron chi connectivity index (χ4n) is 3.26. The predicted molar refractivity (Wildman–Crippen MR) is 86.5 cm³/mol. The van der Waals surface area contributed by atoms with Gasteiger partial charge in [-0.1, -0.05) is 6.07 Å². The number of nitrogens with two attached hydrogens (primary N) is 1. The van der Waals surface area contributed by atoms with Gasteiger partial charge in [-0.2, -0.15) is 0 Å². The fourth-order valence-corrected chi connectivity index (χ4v) is 3.26. The van der Waals surface area contributed by atoms with Crippen LogP contribution >= 0.6 is 0 Å². The molecule has 1 atom stereocenters. The monoisotopic (exact) mass is 319 g/mol. The minimum absolute atomic E-state index is 0.0462. The van der Waals surface area contributed by atoms with Crippen LogP contribution in [-0.2, 0) is 20.7 Å². The molecule has 0 aromatic carbocycles. The zero-order valence-electron chi connectivity index (χ0n) is 13.7. The quantitative estimate of drug-likeness (QED) is 0.817. The molecule has 23 heavy (non-hydrogen) atoms. The molecule has 0 unspecified atom stereocenters. The third kappa shape index (κ3) is 4.51. The van der Waals surface area contributed by atoms with Gasteiger partial charge in [-0.3, -0.25) is 14.6 Å². The second kappa shape index (κ2) is 8.06. The normalized spacial score (nSPS) is 21.2. The zero-order valence-corrected chi connectivity index (χ0v) is 13.7. The summed E-state index contributed by atoms with van der Waals surface area (Å²) >= 11 is 0. The number of piperidine rings is 1. The van der Waals surface area contributed by atoms with Crippen LogP contribution in [0.5, 0.6) is 0 Å². The summed E-state index contributed by atoms with van der Waals surface area (Å²) in [4.78, 5) is 29.9. The number of hydrogen-bond donors (Lipinski definition) is 1. The van der Waals surface area contributed by atoms with Gasteiger partial charge in [0.1, 0.15) is 6.61 Å². The number of rotatable bonds is 7. The molecule has 2 heterocycles. The van der Waals surface area contributed by atoms with Crippen LogP contribution in [0.1, 0.15) is 31.2 Å². The summed E-state index contributed by atoms with van der Waals surface area (Å²) in [6, 6.07) is 3.93. The van der Waals surface area contributed by atoms with Gasteiger partial charge in [0.25, 0.3) is 0 Å². The van der Waals surface area contributed by atoms with Crippen molar-refractivity contribution < 1.29 is 14.3 Å². The van der Waals surface area contributed by atoms with E-state index in [0.717, 1.165) is 31.2 Å². The van der Waals surface area contributed by atoms with Crippen molar-refractivity contribution in [2.75, 3.05) is 26.8 Å². The lowest BCUT2D eigenvalue weighted by Gasteiger charge is -2.40. The molecule has 0 aliphatic carbocycles. The summed E-state index contributed by atoms with van der Waals surface area (Å²) in [5, 5.41) is 0. The number of amides is 2. The Labute approximate surface area is 137 Å². The minimum atomic E-state index is -0.621. The topological polar surface area (TPSA) is 85.5 Å². The lowest BCUT2D eigenvalue weighted by atomic mass is 9.75. The maximum atomic E-state index is 12.1. The van der Waals surface area contributed by atoms with Crippen molar-refractivity contribution in [3.05, 3.63) is 30.1 Å². The first-order valence-electron chi connectivity index (χ1n) is 8.03. The Kier molecular flexibility index (Phi) is 6.10. The van der Waals surface area contributed by atoms with Crippen molar-refractivity contribution in [2.45, 2.75) is 32.1 Å². The maximum absolute atomic E-state index is 12.1. The first kappa shape index (κ1) is 17.4. The molecule has 0 saturated carbocycles. The van der Waals surface area contributed by atoms with Gasteiger partial charge in [-0.25, -0.2) is 0 Å². The first-order chi connectivity index (χ1) is 11.1. The highest BCUT2D eigenvalue weighted by atomic mass is 16.5. The van der Waals surface area contributed by atoms with E-state index >= 15 is 0 Å². The molecule has 0 bridgehead atoms. The van der Waals surface area contributed by atoms with Gasteiger partial charge in [0.2, 0.25) is 11.8 Å². The molecule has 6 heteroatoms. The number of aryl methyl sites for hydroxylation is 1. The van der Waals surface area contributed by atoms with Gasteiger partial charge in [0.05, 0.1) is 5.41 Å². The van der Waals surface area contributed by atoms with E-state index < -0.39 is 5.41 Å². The summed E-state index contributed by atoms with van der Waals surface area (Å²) in [6.07, 6.45) is 7.52. The molecule has 6 nitrogen and oxygen atoms in total. The number of aromatic nitrogens is 1. The van der Waals surface area contributed by atoms with E-state index in [1.54, 1.807) is 11.1 Å². The Morgan fingerprint density at radius 2 is 2.30 bits per heavy atom. The number of methoxy groups -OCH3 is 1. The standard InChI is InChI=1S/C17H25N3O3/c1-23-12-15(21)20-10-4-8-17(13-20,16(18)22)7-2-5-14-6-3-9-19-11-14/h3,6,9,11H,2,4-5,7-8,10,12-13H2,1H3,(H2,18,22)/t17-/m0/s1. The number of pyridine rings is 1. The predicted octanol–water partition coefficient (Wildman–Crippen LogP) is 1.14. The molecule has 1 saturated heterocycles. The Morgan fingerprint density at radius 1 is 1.48 bits per heavy atom. The highest BCUT2D eigenvalue weighted by molar-refractivity contribution is 5.83. The van der Waals surface area contributed by atoms with Crippen molar-refractivity contribution in [3.63, 3.8) is 0 Å². The largest absolute Gasteiger partial charge is 0.375 e. The molecule has 2 rings (SSSR count). The van der Waals surface area contributed by atoms with E-state index in [1.165, 1.54) is 7.11 Å². The number of nitrogens with zero attached hydrogens (tertiary/aromatic N) is 2. The molecular weight excluding hydrogens is 294 g/mol. The maximum Gasteiger partial charge on any atom is 0.248 e. The lowest BCUT2D eigenvalue weighted by Crippen LogP contribution is -2.52. The third-order valence-electron chi connectivity index (χ3n) is 4.56. The van der Waals surface area contributed by atoms with Crippen molar-refractivity contribution in [3.8, 4) is 0 Å². The summed E-state index contributed by atoms with van der Waals surface area (Å²) in [5.41, 5.74) is 6.22. The van der Waals surface area contributed by atoms with E-state index in [2.05, 4.69) is 4.98 Å². The van der Waals surface area contributed by atoms with Crippen LogP contribution in [0.2, 0.25) is 0 Å². The van der Waals surface area contributed by atoms with Crippen molar-refractivity contribution in [2.24, 2.45) is 11.1 Å². The number of carbonyl (C=O) groups excluding carboxylic acids is 2. The highest BCUT2D eigenvalue weighted by Crippen LogP contribution is 2.35. The SMILES string of the molecule is COCC(=O)N1CCC[C@](CCCc2cccnc2)(C(N)=O)C1. The number of carbonyl (C=O) groups is 2. The molecular formula is C17H25N3O3. The Balaban J connectivity index is 1.98. The van der Waals surface area contributed by atoms with Crippen LogP contribution in [0.3, 0.4) is 0 Å². The van der Waals surface area contributed by atoms with Crippen LogP contribution < -0.4 is 5.73 Å². The third-order valence-corrected chi connectivity index (χ3v) is 4.56. The molecule has 1 aliphatic heterocycles. The van der Waals surface area contributed by atoms with Crippen LogP contribution in [-0.4, -0.2) is 48.5 Å². The summed E-state index contributed by atoms with van der Waals surface area (Å²) in [7, 11) is 1.50. The van der Waals surface area contributed by atoms with Crippen LogP contribution in [0.4, 0.5) is 0 Å². The number of likely N-dealkylation sites (tertiary alicyclic amines) is 1. The van der Waals surface area contributed by atoms with Gasteiger partial charge in [0, 0.05) is 32.6 Å². The minimum Gasteiger partial charge on any atom is -0.375 e. The zero-order chi connectivity index (χ0) is 16.7. The number of ether oxygens (including phenoxy) is 1. The van der Waals surface area contributed by atoms with E-state index in [4.69, 9.17) is 10.5 Å². The van der Waals surface area contributed by atoms with E-state index in [-0.39, 0.29) is 18.4 Å². The van der Waals surface area contributed by atoms with Crippen molar-refractivity contribution in [1.29, 1.82) is 0 Å². The van der Waals surface area contributed by atoms with Crippen LogP contribution in [0.15, 0.2) is 24.5 Å². The Hall–Kier alpha value is -1.95.